The third-order valence-electron chi connectivity index (χ3n) is 6.06. The Morgan fingerprint density at radius 1 is 1.14 bits per heavy atom. The number of hydrogen-bond acceptors (Lipinski definition) is 8. The first-order valence-corrected chi connectivity index (χ1v) is 11.8. The van der Waals surface area contributed by atoms with Crippen molar-refractivity contribution in [2.45, 2.75) is 20.3 Å². The number of nitrogens with one attached hydrogen (secondary N) is 2. The average molecular weight is 472 g/mol. The van der Waals surface area contributed by atoms with E-state index in [2.05, 4.69) is 61.3 Å². The van der Waals surface area contributed by atoms with Crippen molar-refractivity contribution >= 4 is 28.6 Å². The first-order chi connectivity index (χ1) is 17.2. The second kappa shape index (κ2) is 10.5. The van der Waals surface area contributed by atoms with Crippen LogP contribution in [0, 0.1) is 13.8 Å². The van der Waals surface area contributed by atoms with E-state index in [1.807, 2.05) is 30.3 Å². The van der Waals surface area contributed by atoms with Crippen LogP contribution >= 0.6 is 0 Å². The van der Waals surface area contributed by atoms with Crippen LogP contribution in [-0.2, 0) is 11.2 Å². The average Bonchev–Trinajstić information content (AvgIpc) is 3.18. The van der Waals surface area contributed by atoms with E-state index in [1.165, 1.54) is 16.6 Å². The van der Waals surface area contributed by atoms with Crippen LogP contribution in [-0.4, -0.2) is 59.1 Å². The lowest BCUT2D eigenvalue weighted by atomic mass is 10.1. The highest BCUT2D eigenvalue weighted by Crippen LogP contribution is 2.24. The minimum atomic E-state index is 0.325. The molecule has 1 fully saturated rings. The number of fused-ring (bicyclic) bond motifs is 1. The molecule has 1 aliphatic rings. The molecule has 1 aliphatic heterocycles. The molecule has 4 aromatic rings. The molecule has 2 N–H and O–H groups in total. The first kappa shape index (κ1) is 22.8. The molecule has 0 unspecified atom stereocenters. The minimum Gasteiger partial charge on any atom is -0.463 e. The zero-order chi connectivity index (χ0) is 24.0. The van der Waals surface area contributed by atoms with Gasteiger partial charge in [-0.2, -0.15) is 15.1 Å². The van der Waals surface area contributed by atoms with Crippen LogP contribution < -0.4 is 15.1 Å². The van der Waals surface area contributed by atoms with E-state index in [9.17, 15) is 0 Å². The number of pyridine rings is 1. The summed E-state index contributed by atoms with van der Waals surface area (Å²) < 4.78 is 11.4. The van der Waals surface area contributed by atoms with Crippen molar-refractivity contribution in [3.63, 3.8) is 0 Å². The van der Waals surface area contributed by atoms with E-state index in [4.69, 9.17) is 9.47 Å². The smallest absolute Gasteiger partial charge is 0.318 e. The number of benzene rings is 1. The Bertz CT molecular complexity index is 1310. The van der Waals surface area contributed by atoms with Gasteiger partial charge in [0.2, 0.25) is 0 Å². The van der Waals surface area contributed by atoms with Crippen molar-refractivity contribution in [2.75, 3.05) is 43.2 Å². The second-order valence-corrected chi connectivity index (χ2v) is 8.46. The zero-order valence-corrected chi connectivity index (χ0v) is 20.0. The fourth-order valence-corrected chi connectivity index (χ4v) is 4.01. The number of aryl methyl sites for hydroxylation is 2. The number of morpholine rings is 1. The summed E-state index contributed by atoms with van der Waals surface area (Å²) in [6.45, 7) is 7.52. The van der Waals surface area contributed by atoms with Crippen molar-refractivity contribution in [3.8, 4) is 6.01 Å². The molecule has 0 aliphatic carbocycles. The van der Waals surface area contributed by atoms with E-state index in [0.717, 1.165) is 35.8 Å². The number of hydrogen-bond donors (Lipinski definition) is 2. The molecule has 9 heteroatoms. The first-order valence-electron chi connectivity index (χ1n) is 11.8. The van der Waals surface area contributed by atoms with Gasteiger partial charge in [-0.25, -0.2) is 0 Å². The molecular formula is C26H29N7O2. The van der Waals surface area contributed by atoms with Gasteiger partial charge in [0.25, 0.3) is 0 Å². The quantitative estimate of drug-likeness (QED) is 0.297. The summed E-state index contributed by atoms with van der Waals surface area (Å²) in [6, 6.07) is 14.2. The van der Waals surface area contributed by atoms with Crippen molar-refractivity contribution in [1.29, 1.82) is 0 Å². The number of H-pyrrole nitrogens is 1. The van der Waals surface area contributed by atoms with Crippen LogP contribution in [0.5, 0.6) is 6.01 Å². The molecule has 9 nitrogen and oxygen atoms in total. The van der Waals surface area contributed by atoms with Crippen molar-refractivity contribution in [1.82, 2.24) is 19.9 Å². The van der Waals surface area contributed by atoms with Gasteiger partial charge >= 0.3 is 6.01 Å². The second-order valence-electron chi connectivity index (χ2n) is 8.46. The molecule has 1 aromatic carbocycles. The van der Waals surface area contributed by atoms with Gasteiger partial charge < -0.3 is 19.4 Å². The number of ether oxygens (including phenoxy) is 2. The topological polar surface area (TPSA) is 101 Å². The molecule has 0 atom stereocenters. The Kier molecular flexibility index (Phi) is 6.85. The summed E-state index contributed by atoms with van der Waals surface area (Å²) in [5.74, 6) is 0.803. The third-order valence-corrected chi connectivity index (χ3v) is 6.06. The van der Waals surface area contributed by atoms with Crippen LogP contribution in [0.25, 0.3) is 10.9 Å². The summed E-state index contributed by atoms with van der Waals surface area (Å²) in [5, 5.41) is 5.61. The lowest BCUT2D eigenvalue weighted by Crippen LogP contribution is -2.37. The molecule has 0 radical (unpaired) electrons. The predicted molar refractivity (Wildman–Crippen MR) is 137 cm³/mol. The third kappa shape index (κ3) is 5.58. The Morgan fingerprint density at radius 3 is 2.86 bits per heavy atom. The van der Waals surface area contributed by atoms with E-state index in [-0.39, 0.29) is 0 Å². The molecule has 3 aromatic heterocycles. The van der Waals surface area contributed by atoms with Crippen LogP contribution in [0.3, 0.4) is 0 Å². The van der Waals surface area contributed by atoms with Crippen molar-refractivity contribution < 1.29 is 9.47 Å². The molecule has 0 spiro atoms. The highest BCUT2D eigenvalue weighted by Gasteiger charge is 2.15. The molecule has 35 heavy (non-hydrogen) atoms. The Hall–Kier alpha value is -3.98. The normalized spacial score (nSPS) is 14.1. The summed E-state index contributed by atoms with van der Waals surface area (Å²) in [6.07, 6.45) is 4.15. The van der Waals surface area contributed by atoms with E-state index >= 15 is 0 Å². The number of nitrogens with zero attached hydrogens (tertiary/aromatic N) is 5. The van der Waals surface area contributed by atoms with Gasteiger partial charge in [0.1, 0.15) is 5.82 Å². The maximum absolute atomic E-state index is 5.90. The molecule has 0 saturated carbocycles. The number of hydrazone groups is 1. The molecule has 180 valence electrons. The Labute approximate surface area is 204 Å². The number of anilines is 2. The van der Waals surface area contributed by atoms with Gasteiger partial charge in [-0.3, -0.25) is 10.4 Å². The molecule has 0 bridgehead atoms. The van der Waals surface area contributed by atoms with Gasteiger partial charge in [-0.15, -0.1) is 0 Å². The van der Waals surface area contributed by atoms with Crippen LogP contribution in [0.4, 0.5) is 11.5 Å². The molecule has 0 amide bonds. The molecule has 4 heterocycles. The Morgan fingerprint density at radius 2 is 2.03 bits per heavy atom. The highest BCUT2D eigenvalue weighted by molar-refractivity contribution is 5.87. The van der Waals surface area contributed by atoms with Gasteiger partial charge in [0.15, 0.2) is 0 Å². The van der Waals surface area contributed by atoms with E-state index in [1.54, 1.807) is 12.4 Å². The minimum absolute atomic E-state index is 0.325. The van der Waals surface area contributed by atoms with Gasteiger partial charge in [-0.1, -0.05) is 6.07 Å². The number of aromatic nitrogens is 4. The fraction of sp³-hybridized carbons (Fsp3) is 0.308. The van der Waals surface area contributed by atoms with Crippen LogP contribution in [0.15, 0.2) is 53.8 Å². The van der Waals surface area contributed by atoms with E-state index < -0.39 is 0 Å². The number of rotatable bonds is 8. The standard InChI is InChI=1S/C26H29N7O2/c1-18-19(2)29-24-7-6-21(15-23(18)24)32-28-17-22-16-25(33-10-13-34-14-11-33)31-26(30-22)35-12-8-20-5-3-4-9-27-20/h3-7,9,15-17,29,32H,8,10-14H2,1-2H3. The maximum atomic E-state index is 5.90. The number of aromatic amines is 1. The van der Waals surface area contributed by atoms with Crippen LogP contribution in [0.1, 0.15) is 22.6 Å². The summed E-state index contributed by atoms with van der Waals surface area (Å²) in [5.41, 5.74) is 9.19. The fourth-order valence-electron chi connectivity index (χ4n) is 4.01. The van der Waals surface area contributed by atoms with E-state index in [0.29, 0.717) is 37.9 Å². The molecular weight excluding hydrogens is 442 g/mol. The SMILES string of the molecule is Cc1[nH]c2ccc(NN=Cc3cc(N4CCOCC4)nc(OCCc4ccccn4)n3)cc2c1C. The van der Waals surface area contributed by atoms with Gasteiger partial charge in [0, 0.05) is 54.1 Å². The summed E-state index contributed by atoms with van der Waals surface area (Å²) in [7, 11) is 0. The Balaban J connectivity index is 1.32. The monoisotopic (exact) mass is 471 g/mol. The van der Waals surface area contributed by atoms with Crippen molar-refractivity contribution in [3.05, 3.63) is 71.3 Å². The van der Waals surface area contributed by atoms with Crippen LogP contribution in [0.2, 0.25) is 0 Å². The van der Waals surface area contributed by atoms with Gasteiger partial charge in [0.05, 0.1) is 37.4 Å². The maximum Gasteiger partial charge on any atom is 0.318 e. The molecule has 1 saturated heterocycles. The lowest BCUT2D eigenvalue weighted by Gasteiger charge is -2.28. The largest absolute Gasteiger partial charge is 0.463 e. The summed E-state index contributed by atoms with van der Waals surface area (Å²) >= 11 is 0. The summed E-state index contributed by atoms with van der Waals surface area (Å²) in [4.78, 5) is 19.1. The zero-order valence-electron chi connectivity index (χ0n) is 20.0. The lowest BCUT2D eigenvalue weighted by molar-refractivity contribution is 0.122. The van der Waals surface area contributed by atoms with Gasteiger partial charge in [-0.05, 0) is 49.7 Å². The predicted octanol–water partition coefficient (Wildman–Crippen LogP) is 3.87. The molecule has 5 rings (SSSR count). The highest BCUT2D eigenvalue weighted by atomic mass is 16.5. The van der Waals surface area contributed by atoms with Crippen molar-refractivity contribution in [2.24, 2.45) is 5.10 Å².